The maximum atomic E-state index is 5.99. The lowest BCUT2D eigenvalue weighted by Crippen LogP contribution is -2.40. The van der Waals surface area contributed by atoms with Gasteiger partial charge in [0.05, 0.1) is 0 Å². The van der Waals surface area contributed by atoms with Crippen molar-refractivity contribution in [1.29, 1.82) is 0 Å². The molecule has 0 atom stereocenters. The molecule has 1 aromatic carbocycles. The second kappa shape index (κ2) is 5.54. The monoisotopic (exact) mass is 232 g/mol. The van der Waals surface area contributed by atoms with Gasteiger partial charge in [0, 0.05) is 24.8 Å². The Balaban J connectivity index is 2.29. The van der Waals surface area contributed by atoms with E-state index in [0.717, 1.165) is 38.8 Å². The summed E-state index contributed by atoms with van der Waals surface area (Å²) in [5.41, 5.74) is 10.5. The summed E-state index contributed by atoms with van der Waals surface area (Å²) >= 11 is 0. The maximum absolute atomic E-state index is 5.99. The summed E-state index contributed by atoms with van der Waals surface area (Å²) in [7, 11) is 0. The minimum atomic E-state index is 0.408. The minimum Gasteiger partial charge on any atom is -0.371 e. The van der Waals surface area contributed by atoms with Crippen LogP contribution >= 0.6 is 0 Å². The van der Waals surface area contributed by atoms with Crippen molar-refractivity contribution in [2.45, 2.75) is 45.6 Å². The molecule has 17 heavy (non-hydrogen) atoms. The quantitative estimate of drug-likeness (QED) is 0.868. The fourth-order valence-corrected chi connectivity index (χ4v) is 2.74. The Morgan fingerprint density at radius 2 is 1.65 bits per heavy atom. The number of rotatable bonds is 3. The average Bonchev–Trinajstić information content (AvgIpc) is 2.38. The van der Waals surface area contributed by atoms with Crippen molar-refractivity contribution in [2.75, 3.05) is 18.0 Å². The highest BCUT2D eigenvalue weighted by atomic mass is 15.1. The molecule has 0 radical (unpaired) electrons. The predicted octanol–water partition coefficient (Wildman–Crippen LogP) is 2.74. The predicted molar refractivity (Wildman–Crippen MR) is 74.6 cm³/mol. The molecular weight excluding hydrogens is 208 g/mol. The highest BCUT2D eigenvalue weighted by Crippen LogP contribution is 2.29. The van der Waals surface area contributed by atoms with E-state index >= 15 is 0 Å². The van der Waals surface area contributed by atoms with E-state index < -0.39 is 0 Å². The van der Waals surface area contributed by atoms with Crippen molar-refractivity contribution in [2.24, 2.45) is 5.73 Å². The third kappa shape index (κ3) is 2.63. The van der Waals surface area contributed by atoms with Gasteiger partial charge in [0.25, 0.3) is 0 Å². The molecule has 0 aromatic heterocycles. The maximum Gasteiger partial charge on any atom is 0.0431 e. The molecule has 1 aliphatic heterocycles. The summed E-state index contributed by atoms with van der Waals surface area (Å²) in [6.45, 7) is 6.72. The molecule has 1 fully saturated rings. The lowest BCUT2D eigenvalue weighted by Gasteiger charge is -2.34. The highest BCUT2D eigenvalue weighted by Gasteiger charge is 2.19. The van der Waals surface area contributed by atoms with E-state index in [2.05, 4.69) is 36.9 Å². The Morgan fingerprint density at radius 1 is 1.12 bits per heavy atom. The first kappa shape index (κ1) is 12.4. The van der Waals surface area contributed by atoms with E-state index in [-0.39, 0.29) is 0 Å². The molecule has 2 heteroatoms. The fraction of sp³-hybridized carbons (Fsp3) is 0.600. The number of para-hydroxylation sites is 1. The first-order valence-electron chi connectivity index (χ1n) is 6.87. The first-order valence-corrected chi connectivity index (χ1v) is 6.87. The molecule has 0 amide bonds. The molecule has 0 spiro atoms. The zero-order chi connectivity index (χ0) is 12.3. The summed E-state index contributed by atoms with van der Waals surface area (Å²) in [4.78, 5) is 2.54. The van der Waals surface area contributed by atoms with Crippen molar-refractivity contribution < 1.29 is 0 Å². The SMILES string of the molecule is CCc1cccc(CC)c1N1CCC(N)CC1. The highest BCUT2D eigenvalue weighted by molar-refractivity contribution is 5.60. The second-order valence-electron chi connectivity index (χ2n) is 4.96. The molecule has 1 saturated heterocycles. The van der Waals surface area contributed by atoms with Crippen LogP contribution in [-0.2, 0) is 12.8 Å². The largest absolute Gasteiger partial charge is 0.371 e. The van der Waals surface area contributed by atoms with Crippen LogP contribution in [0, 0.1) is 0 Å². The Hall–Kier alpha value is -1.02. The number of hydrogen-bond acceptors (Lipinski definition) is 2. The number of benzene rings is 1. The molecule has 1 aromatic rings. The summed E-state index contributed by atoms with van der Waals surface area (Å²) in [5, 5.41) is 0. The summed E-state index contributed by atoms with van der Waals surface area (Å²) in [6, 6.07) is 7.13. The van der Waals surface area contributed by atoms with Gasteiger partial charge in [-0.15, -0.1) is 0 Å². The molecule has 0 bridgehead atoms. The van der Waals surface area contributed by atoms with E-state index in [1.54, 1.807) is 0 Å². The normalized spacial score (nSPS) is 17.5. The number of nitrogens with two attached hydrogens (primary N) is 1. The summed E-state index contributed by atoms with van der Waals surface area (Å²) in [6.07, 6.45) is 4.49. The number of piperidine rings is 1. The molecule has 0 saturated carbocycles. The van der Waals surface area contributed by atoms with Crippen molar-refractivity contribution in [3.63, 3.8) is 0 Å². The molecule has 94 valence electrons. The molecule has 2 rings (SSSR count). The van der Waals surface area contributed by atoms with Crippen LogP contribution in [0.15, 0.2) is 18.2 Å². The third-order valence-corrected chi connectivity index (χ3v) is 3.82. The number of hydrogen-bond donors (Lipinski definition) is 1. The Morgan fingerprint density at radius 3 is 2.12 bits per heavy atom. The van der Waals surface area contributed by atoms with E-state index in [9.17, 15) is 0 Å². The van der Waals surface area contributed by atoms with Gasteiger partial charge in [0.15, 0.2) is 0 Å². The number of anilines is 1. The van der Waals surface area contributed by atoms with Crippen molar-refractivity contribution in [1.82, 2.24) is 0 Å². The van der Waals surface area contributed by atoms with Crippen LogP contribution in [0.5, 0.6) is 0 Å². The van der Waals surface area contributed by atoms with Crippen LogP contribution in [0.3, 0.4) is 0 Å². The lowest BCUT2D eigenvalue weighted by atomic mass is 9.98. The molecule has 0 aliphatic carbocycles. The van der Waals surface area contributed by atoms with Crippen LogP contribution in [0.25, 0.3) is 0 Å². The number of nitrogens with zero attached hydrogens (tertiary/aromatic N) is 1. The van der Waals surface area contributed by atoms with Crippen molar-refractivity contribution in [3.05, 3.63) is 29.3 Å². The average molecular weight is 232 g/mol. The van der Waals surface area contributed by atoms with Gasteiger partial charge in [-0.3, -0.25) is 0 Å². The Kier molecular flexibility index (Phi) is 4.06. The van der Waals surface area contributed by atoms with Gasteiger partial charge in [-0.25, -0.2) is 0 Å². The zero-order valence-corrected chi connectivity index (χ0v) is 11.1. The Bertz CT molecular complexity index is 343. The fourth-order valence-electron chi connectivity index (χ4n) is 2.74. The smallest absolute Gasteiger partial charge is 0.0431 e. The second-order valence-corrected chi connectivity index (χ2v) is 4.96. The van der Waals surface area contributed by atoms with Crippen LogP contribution in [0.1, 0.15) is 37.8 Å². The standard InChI is InChI=1S/C15H24N2/c1-3-12-6-5-7-13(4-2)15(12)17-10-8-14(16)9-11-17/h5-7,14H,3-4,8-11,16H2,1-2H3. The van der Waals surface area contributed by atoms with Gasteiger partial charge in [-0.05, 0) is 36.8 Å². The van der Waals surface area contributed by atoms with Gasteiger partial charge in [0.2, 0.25) is 0 Å². The van der Waals surface area contributed by atoms with Gasteiger partial charge >= 0.3 is 0 Å². The van der Waals surface area contributed by atoms with Crippen molar-refractivity contribution >= 4 is 5.69 Å². The van der Waals surface area contributed by atoms with E-state index in [1.807, 2.05) is 0 Å². The summed E-state index contributed by atoms with van der Waals surface area (Å²) < 4.78 is 0. The van der Waals surface area contributed by atoms with Crippen molar-refractivity contribution in [3.8, 4) is 0 Å². The van der Waals surface area contributed by atoms with Gasteiger partial charge in [0.1, 0.15) is 0 Å². The van der Waals surface area contributed by atoms with E-state index in [1.165, 1.54) is 16.8 Å². The molecule has 2 nitrogen and oxygen atoms in total. The lowest BCUT2D eigenvalue weighted by molar-refractivity contribution is 0.500. The molecular formula is C15H24N2. The van der Waals surface area contributed by atoms with E-state index in [0.29, 0.717) is 6.04 Å². The molecule has 0 unspecified atom stereocenters. The zero-order valence-electron chi connectivity index (χ0n) is 11.1. The van der Waals surface area contributed by atoms with Gasteiger partial charge in [-0.2, -0.15) is 0 Å². The van der Waals surface area contributed by atoms with Gasteiger partial charge < -0.3 is 10.6 Å². The Labute approximate surface area is 105 Å². The number of aryl methyl sites for hydroxylation is 2. The molecule has 1 aliphatic rings. The van der Waals surface area contributed by atoms with Crippen LogP contribution in [-0.4, -0.2) is 19.1 Å². The first-order chi connectivity index (χ1) is 8.26. The topological polar surface area (TPSA) is 29.3 Å². The van der Waals surface area contributed by atoms with Gasteiger partial charge in [-0.1, -0.05) is 32.0 Å². The third-order valence-electron chi connectivity index (χ3n) is 3.82. The minimum absolute atomic E-state index is 0.408. The van der Waals surface area contributed by atoms with Crippen LogP contribution in [0.4, 0.5) is 5.69 Å². The van der Waals surface area contributed by atoms with Crippen LogP contribution < -0.4 is 10.6 Å². The molecule has 1 heterocycles. The van der Waals surface area contributed by atoms with E-state index in [4.69, 9.17) is 5.73 Å². The summed E-state index contributed by atoms with van der Waals surface area (Å²) in [5.74, 6) is 0. The molecule has 2 N–H and O–H groups in total. The van der Waals surface area contributed by atoms with Crippen LogP contribution in [0.2, 0.25) is 0 Å².